The number of nitro benzene ring substituents is 1. The van der Waals surface area contributed by atoms with Gasteiger partial charge in [0.2, 0.25) is 0 Å². The van der Waals surface area contributed by atoms with Gasteiger partial charge in [-0.1, -0.05) is 12.1 Å². The lowest BCUT2D eigenvalue weighted by molar-refractivity contribution is -0.385. The summed E-state index contributed by atoms with van der Waals surface area (Å²) in [5.41, 5.74) is -0.288. The van der Waals surface area contributed by atoms with Crippen LogP contribution in [0, 0.1) is 10.1 Å². The first kappa shape index (κ1) is 13.0. The standard InChI is InChI=1S/C11H9N3O4S/c15-14(16)9-4-3-5-10(8-9)19(17,18)13-11-6-1-2-7-12-11/h1-8H,(H,12,13). The van der Waals surface area contributed by atoms with Gasteiger partial charge in [0.1, 0.15) is 5.82 Å². The maximum Gasteiger partial charge on any atom is 0.270 e. The van der Waals surface area contributed by atoms with E-state index in [9.17, 15) is 18.5 Å². The van der Waals surface area contributed by atoms with Crippen LogP contribution in [0.4, 0.5) is 11.5 Å². The van der Waals surface area contributed by atoms with Crippen molar-refractivity contribution in [3.63, 3.8) is 0 Å². The van der Waals surface area contributed by atoms with Crippen molar-refractivity contribution in [1.82, 2.24) is 4.98 Å². The van der Waals surface area contributed by atoms with Crippen molar-refractivity contribution in [2.45, 2.75) is 4.90 Å². The molecule has 0 spiro atoms. The molecule has 0 aliphatic heterocycles. The zero-order valence-corrected chi connectivity index (χ0v) is 10.4. The third kappa shape index (κ3) is 3.05. The number of nitrogens with zero attached hydrogens (tertiary/aromatic N) is 2. The molecule has 0 aliphatic carbocycles. The summed E-state index contributed by atoms with van der Waals surface area (Å²) in [6.45, 7) is 0. The summed E-state index contributed by atoms with van der Waals surface area (Å²) >= 11 is 0. The van der Waals surface area contributed by atoms with Crippen LogP contribution in [0.5, 0.6) is 0 Å². The smallest absolute Gasteiger partial charge is 0.263 e. The fourth-order valence-corrected chi connectivity index (χ4v) is 2.43. The summed E-state index contributed by atoms with van der Waals surface area (Å²) in [5, 5.41) is 10.6. The Morgan fingerprint density at radius 3 is 2.58 bits per heavy atom. The van der Waals surface area contributed by atoms with Crippen molar-refractivity contribution in [1.29, 1.82) is 0 Å². The number of non-ortho nitro benzene ring substituents is 1. The van der Waals surface area contributed by atoms with Gasteiger partial charge in [0.25, 0.3) is 15.7 Å². The van der Waals surface area contributed by atoms with Crippen LogP contribution in [0.1, 0.15) is 0 Å². The van der Waals surface area contributed by atoms with Gasteiger partial charge in [-0.25, -0.2) is 13.4 Å². The highest BCUT2D eigenvalue weighted by molar-refractivity contribution is 7.92. The number of pyridine rings is 1. The minimum atomic E-state index is -3.89. The Bertz CT molecular complexity index is 701. The van der Waals surface area contributed by atoms with Gasteiger partial charge in [0.05, 0.1) is 9.82 Å². The van der Waals surface area contributed by atoms with E-state index < -0.39 is 14.9 Å². The SMILES string of the molecule is O=[N+]([O-])c1cccc(S(=O)(=O)Nc2ccccn2)c1. The monoisotopic (exact) mass is 279 g/mol. The van der Waals surface area contributed by atoms with Gasteiger partial charge in [-0.05, 0) is 18.2 Å². The van der Waals surface area contributed by atoms with Crippen LogP contribution < -0.4 is 4.72 Å². The number of sulfonamides is 1. The maximum absolute atomic E-state index is 12.0. The largest absolute Gasteiger partial charge is 0.270 e. The lowest BCUT2D eigenvalue weighted by Gasteiger charge is -2.06. The molecule has 0 saturated carbocycles. The van der Waals surface area contributed by atoms with Gasteiger partial charge in [0, 0.05) is 18.3 Å². The van der Waals surface area contributed by atoms with Crippen molar-refractivity contribution >= 4 is 21.5 Å². The lowest BCUT2D eigenvalue weighted by atomic mass is 10.3. The number of rotatable bonds is 4. The topological polar surface area (TPSA) is 102 Å². The number of hydrogen-bond acceptors (Lipinski definition) is 5. The number of hydrogen-bond donors (Lipinski definition) is 1. The van der Waals surface area contributed by atoms with Gasteiger partial charge >= 0.3 is 0 Å². The van der Waals surface area contributed by atoms with E-state index in [1.165, 1.54) is 30.5 Å². The third-order valence-corrected chi connectivity index (χ3v) is 3.59. The maximum atomic E-state index is 12.0. The van der Waals surface area contributed by atoms with Crippen molar-refractivity contribution in [3.8, 4) is 0 Å². The molecule has 2 aromatic rings. The summed E-state index contributed by atoms with van der Waals surface area (Å²) < 4.78 is 26.2. The van der Waals surface area contributed by atoms with E-state index in [0.717, 1.165) is 6.07 Å². The zero-order valence-electron chi connectivity index (χ0n) is 9.55. The van der Waals surface area contributed by atoms with E-state index in [-0.39, 0.29) is 16.4 Å². The molecule has 0 aliphatic rings. The molecule has 0 amide bonds. The van der Waals surface area contributed by atoms with Crippen LogP contribution in [0.3, 0.4) is 0 Å². The van der Waals surface area contributed by atoms with Crippen LogP contribution in [-0.4, -0.2) is 18.3 Å². The molecule has 0 unspecified atom stereocenters. The third-order valence-electron chi connectivity index (χ3n) is 2.24. The fourth-order valence-electron chi connectivity index (χ4n) is 1.38. The van der Waals surface area contributed by atoms with Crippen LogP contribution in [-0.2, 0) is 10.0 Å². The fraction of sp³-hybridized carbons (Fsp3) is 0. The van der Waals surface area contributed by atoms with E-state index in [0.29, 0.717) is 0 Å². The molecule has 0 bridgehead atoms. The summed E-state index contributed by atoms with van der Waals surface area (Å²) in [4.78, 5) is 13.6. The molecule has 98 valence electrons. The van der Waals surface area contributed by atoms with Crippen LogP contribution in [0.2, 0.25) is 0 Å². The summed E-state index contributed by atoms with van der Waals surface area (Å²) in [6.07, 6.45) is 1.44. The van der Waals surface area contributed by atoms with E-state index in [4.69, 9.17) is 0 Å². The van der Waals surface area contributed by atoms with Crippen molar-refractivity contribution < 1.29 is 13.3 Å². The Labute approximate surface area is 109 Å². The van der Waals surface area contributed by atoms with E-state index >= 15 is 0 Å². The molecule has 8 heteroatoms. The summed E-state index contributed by atoms with van der Waals surface area (Å²) in [7, 11) is -3.89. The molecule has 1 aromatic carbocycles. The number of aromatic nitrogens is 1. The van der Waals surface area contributed by atoms with Gasteiger partial charge in [-0.2, -0.15) is 0 Å². The van der Waals surface area contributed by atoms with E-state index in [2.05, 4.69) is 9.71 Å². The number of nitro groups is 1. The number of anilines is 1. The summed E-state index contributed by atoms with van der Waals surface area (Å²) in [6, 6.07) is 9.55. The Morgan fingerprint density at radius 2 is 1.95 bits per heavy atom. The Balaban J connectivity index is 2.35. The van der Waals surface area contributed by atoms with Crippen molar-refractivity contribution in [2.24, 2.45) is 0 Å². The first-order chi connectivity index (χ1) is 8.99. The predicted molar refractivity (Wildman–Crippen MR) is 68.1 cm³/mol. The number of nitrogens with one attached hydrogen (secondary N) is 1. The van der Waals surface area contributed by atoms with Crippen LogP contribution >= 0.6 is 0 Å². The zero-order chi connectivity index (χ0) is 13.9. The average Bonchev–Trinajstić information content (AvgIpc) is 2.39. The Morgan fingerprint density at radius 1 is 1.16 bits per heavy atom. The van der Waals surface area contributed by atoms with Crippen LogP contribution in [0.25, 0.3) is 0 Å². The van der Waals surface area contributed by atoms with Gasteiger partial charge in [0.15, 0.2) is 0 Å². The van der Waals surface area contributed by atoms with Gasteiger partial charge < -0.3 is 0 Å². The van der Waals surface area contributed by atoms with Crippen LogP contribution in [0.15, 0.2) is 53.6 Å². The molecule has 1 heterocycles. The second-order valence-electron chi connectivity index (χ2n) is 3.57. The van der Waals surface area contributed by atoms with E-state index in [1.807, 2.05) is 0 Å². The molecule has 1 N–H and O–H groups in total. The Kier molecular flexibility index (Phi) is 3.43. The first-order valence-electron chi connectivity index (χ1n) is 5.17. The molecule has 0 radical (unpaired) electrons. The Hall–Kier alpha value is -2.48. The summed E-state index contributed by atoms with van der Waals surface area (Å²) in [5.74, 6) is 0.147. The van der Waals surface area contributed by atoms with Gasteiger partial charge in [-0.3, -0.25) is 14.8 Å². The average molecular weight is 279 g/mol. The molecule has 19 heavy (non-hydrogen) atoms. The second kappa shape index (κ2) is 5.02. The van der Waals surface area contributed by atoms with Gasteiger partial charge in [-0.15, -0.1) is 0 Å². The van der Waals surface area contributed by atoms with E-state index in [1.54, 1.807) is 12.1 Å². The minimum absolute atomic E-state index is 0.147. The van der Waals surface area contributed by atoms with Crippen molar-refractivity contribution in [3.05, 3.63) is 58.8 Å². The molecule has 7 nitrogen and oxygen atoms in total. The minimum Gasteiger partial charge on any atom is -0.263 e. The predicted octanol–water partition coefficient (Wildman–Crippen LogP) is 1.79. The highest BCUT2D eigenvalue weighted by Gasteiger charge is 2.17. The molecule has 0 atom stereocenters. The molecule has 0 saturated heterocycles. The molecular formula is C11H9N3O4S. The highest BCUT2D eigenvalue weighted by Crippen LogP contribution is 2.19. The normalized spacial score (nSPS) is 10.9. The quantitative estimate of drug-likeness (QED) is 0.679. The second-order valence-corrected chi connectivity index (χ2v) is 5.26. The first-order valence-corrected chi connectivity index (χ1v) is 6.66. The lowest BCUT2D eigenvalue weighted by Crippen LogP contribution is -2.13. The molecule has 0 fully saturated rings. The molecular weight excluding hydrogens is 270 g/mol. The molecule has 1 aromatic heterocycles. The highest BCUT2D eigenvalue weighted by atomic mass is 32.2. The van der Waals surface area contributed by atoms with Crippen molar-refractivity contribution in [2.75, 3.05) is 4.72 Å². The number of benzene rings is 1. The molecule has 2 rings (SSSR count).